The molecule has 5 nitrogen and oxygen atoms in total. The SMILES string of the molecule is CC=COCCc1sc(C)[n+](Cc2cnc(C)nc2N)c1C. The highest BCUT2D eigenvalue weighted by atomic mass is 32.1. The number of nitrogens with two attached hydrogens (primary N) is 1. The lowest BCUT2D eigenvalue weighted by molar-refractivity contribution is -0.695. The Kier molecular flexibility index (Phi) is 5.49. The number of nitrogens with zero attached hydrogens (tertiary/aromatic N) is 3. The van der Waals surface area contributed by atoms with Crippen LogP contribution in [0, 0.1) is 20.8 Å². The van der Waals surface area contributed by atoms with Crippen LogP contribution in [0.2, 0.25) is 0 Å². The molecule has 2 aromatic heterocycles. The van der Waals surface area contributed by atoms with Crippen molar-refractivity contribution in [3.05, 3.63) is 45.5 Å². The Balaban J connectivity index is 2.16. The number of ether oxygens (including phenoxy) is 1. The quantitative estimate of drug-likeness (QED) is 0.505. The zero-order valence-electron chi connectivity index (χ0n) is 13.6. The predicted molar refractivity (Wildman–Crippen MR) is 88.7 cm³/mol. The van der Waals surface area contributed by atoms with Gasteiger partial charge in [0, 0.05) is 26.5 Å². The van der Waals surface area contributed by atoms with Gasteiger partial charge in [-0.25, -0.2) is 9.97 Å². The van der Waals surface area contributed by atoms with Gasteiger partial charge in [0.1, 0.15) is 11.6 Å². The highest BCUT2D eigenvalue weighted by Gasteiger charge is 2.21. The van der Waals surface area contributed by atoms with Gasteiger partial charge in [0.2, 0.25) is 5.01 Å². The monoisotopic (exact) mass is 319 g/mol. The third-order valence-electron chi connectivity index (χ3n) is 3.49. The van der Waals surface area contributed by atoms with Gasteiger partial charge in [0.25, 0.3) is 0 Å². The van der Waals surface area contributed by atoms with Gasteiger partial charge in [-0.2, -0.15) is 4.57 Å². The molecule has 0 aliphatic carbocycles. The fourth-order valence-corrected chi connectivity index (χ4v) is 3.39. The first-order chi connectivity index (χ1) is 10.5. The standard InChI is InChI=1S/C16H23N4OS/c1-5-7-21-8-6-15-11(2)20(13(4)22-15)10-14-9-18-12(3)19-16(14)17/h5,7,9H,6,8,10H2,1-4H3,(H2,17,18,19)/q+1. The second-order valence-corrected chi connectivity index (χ2v) is 6.42. The summed E-state index contributed by atoms with van der Waals surface area (Å²) < 4.78 is 7.68. The maximum Gasteiger partial charge on any atom is 0.234 e. The molecule has 6 heteroatoms. The second kappa shape index (κ2) is 7.35. The third kappa shape index (κ3) is 3.82. The number of aryl methyl sites for hydroxylation is 2. The van der Waals surface area contributed by atoms with Crippen molar-refractivity contribution in [1.82, 2.24) is 9.97 Å². The molecular weight excluding hydrogens is 296 g/mol. The van der Waals surface area contributed by atoms with Crippen molar-refractivity contribution in [2.24, 2.45) is 0 Å². The summed E-state index contributed by atoms with van der Waals surface area (Å²) in [6, 6.07) is 0. The summed E-state index contributed by atoms with van der Waals surface area (Å²) in [6.07, 6.45) is 6.35. The number of hydrogen-bond acceptors (Lipinski definition) is 5. The predicted octanol–water partition coefficient (Wildman–Crippen LogP) is 2.47. The molecule has 0 bridgehead atoms. The number of aromatic nitrogens is 3. The van der Waals surface area contributed by atoms with Crippen LogP contribution in [-0.4, -0.2) is 16.6 Å². The van der Waals surface area contributed by atoms with Gasteiger partial charge < -0.3 is 10.5 Å². The molecular formula is C16H23N4OS+. The fraction of sp³-hybridized carbons (Fsp3) is 0.438. The van der Waals surface area contributed by atoms with Gasteiger partial charge >= 0.3 is 0 Å². The molecule has 0 spiro atoms. The van der Waals surface area contributed by atoms with Gasteiger partial charge in [-0.1, -0.05) is 17.4 Å². The van der Waals surface area contributed by atoms with Gasteiger partial charge in [-0.15, -0.1) is 0 Å². The van der Waals surface area contributed by atoms with Crippen molar-refractivity contribution >= 4 is 17.2 Å². The minimum Gasteiger partial charge on any atom is -0.501 e. The molecule has 118 valence electrons. The molecule has 0 atom stereocenters. The summed E-state index contributed by atoms with van der Waals surface area (Å²) in [7, 11) is 0. The van der Waals surface area contributed by atoms with Crippen molar-refractivity contribution in [3.63, 3.8) is 0 Å². The molecule has 2 N–H and O–H groups in total. The van der Waals surface area contributed by atoms with Crippen molar-refractivity contribution in [2.75, 3.05) is 12.3 Å². The van der Waals surface area contributed by atoms with E-state index in [0.717, 1.165) is 12.0 Å². The molecule has 0 aliphatic heterocycles. The van der Waals surface area contributed by atoms with Crippen molar-refractivity contribution in [2.45, 2.75) is 40.7 Å². The molecule has 2 heterocycles. The Labute approximate surface area is 135 Å². The summed E-state index contributed by atoms with van der Waals surface area (Å²) in [5, 5.41) is 1.25. The first-order valence-electron chi connectivity index (χ1n) is 7.32. The van der Waals surface area contributed by atoms with Crippen LogP contribution in [0.15, 0.2) is 18.5 Å². The Morgan fingerprint density at radius 3 is 2.82 bits per heavy atom. The Morgan fingerprint density at radius 1 is 1.36 bits per heavy atom. The molecule has 2 aromatic rings. The van der Waals surface area contributed by atoms with Crippen LogP contribution in [0.1, 0.15) is 33.9 Å². The summed E-state index contributed by atoms with van der Waals surface area (Å²) >= 11 is 1.80. The van der Waals surface area contributed by atoms with E-state index in [9.17, 15) is 0 Å². The number of anilines is 1. The smallest absolute Gasteiger partial charge is 0.234 e. The van der Waals surface area contributed by atoms with Crippen molar-refractivity contribution in [1.29, 1.82) is 0 Å². The van der Waals surface area contributed by atoms with Crippen LogP contribution in [0.25, 0.3) is 0 Å². The lowest BCUT2D eigenvalue weighted by Gasteiger charge is -2.03. The molecule has 0 amide bonds. The maximum atomic E-state index is 6.00. The lowest BCUT2D eigenvalue weighted by atomic mass is 10.2. The highest BCUT2D eigenvalue weighted by molar-refractivity contribution is 7.11. The number of rotatable bonds is 6. The summed E-state index contributed by atoms with van der Waals surface area (Å²) in [6.45, 7) is 9.45. The summed E-state index contributed by atoms with van der Waals surface area (Å²) in [5.74, 6) is 1.26. The van der Waals surface area contributed by atoms with Crippen LogP contribution >= 0.6 is 11.3 Å². The minimum atomic E-state index is 0.558. The summed E-state index contributed by atoms with van der Waals surface area (Å²) in [4.78, 5) is 9.82. The van der Waals surface area contributed by atoms with E-state index >= 15 is 0 Å². The molecule has 0 unspecified atom stereocenters. The van der Waals surface area contributed by atoms with E-state index in [1.54, 1.807) is 17.6 Å². The molecule has 22 heavy (non-hydrogen) atoms. The zero-order valence-corrected chi connectivity index (χ0v) is 14.4. The van der Waals surface area contributed by atoms with E-state index in [1.807, 2.05) is 26.1 Å². The lowest BCUT2D eigenvalue weighted by Crippen LogP contribution is -2.38. The third-order valence-corrected chi connectivity index (χ3v) is 4.75. The molecule has 0 aliphatic rings. The van der Waals surface area contributed by atoms with Crippen molar-refractivity contribution < 1.29 is 9.30 Å². The van der Waals surface area contributed by atoms with Gasteiger partial charge in [0.15, 0.2) is 12.2 Å². The first-order valence-corrected chi connectivity index (χ1v) is 8.14. The number of allylic oxidation sites excluding steroid dienone is 1. The largest absolute Gasteiger partial charge is 0.501 e. The molecule has 0 fully saturated rings. The van der Waals surface area contributed by atoms with Gasteiger partial charge in [-0.3, -0.25) is 0 Å². The first kappa shape index (κ1) is 16.4. The summed E-state index contributed by atoms with van der Waals surface area (Å²) in [5.41, 5.74) is 8.21. The van der Waals surface area contributed by atoms with E-state index in [-0.39, 0.29) is 0 Å². The Bertz CT molecular complexity index is 679. The van der Waals surface area contributed by atoms with Crippen LogP contribution in [-0.2, 0) is 17.7 Å². The second-order valence-electron chi connectivity index (χ2n) is 5.13. The van der Waals surface area contributed by atoms with E-state index in [0.29, 0.717) is 24.8 Å². The average Bonchev–Trinajstić information content (AvgIpc) is 2.74. The Hall–Kier alpha value is -1.95. The Morgan fingerprint density at radius 2 is 2.14 bits per heavy atom. The average molecular weight is 319 g/mol. The molecule has 0 saturated heterocycles. The van der Waals surface area contributed by atoms with Crippen LogP contribution in [0.4, 0.5) is 5.82 Å². The van der Waals surface area contributed by atoms with Crippen LogP contribution in [0.3, 0.4) is 0 Å². The molecule has 0 saturated carbocycles. The molecule has 0 radical (unpaired) electrons. The van der Waals surface area contributed by atoms with E-state index < -0.39 is 0 Å². The van der Waals surface area contributed by atoms with E-state index in [1.165, 1.54) is 15.6 Å². The maximum absolute atomic E-state index is 6.00. The van der Waals surface area contributed by atoms with Gasteiger partial charge in [-0.05, 0) is 13.8 Å². The van der Waals surface area contributed by atoms with Crippen LogP contribution in [0.5, 0.6) is 0 Å². The molecule has 0 aromatic carbocycles. The zero-order chi connectivity index (χ0) is 16.1. The normalized spacial score (nSPS) is 11.3. The number of thiazole rings is 1. The van der Waals surface area contributed by atoms with E-state index in [2.05, 4.69) is 28.4 Å². The molecule has 2 rings (SSSR count). The van der Waals surface area contributed by atoms with E-state index in [4.69, 9.17) is 10.5 Å². The van der Waals surface area contributed by atoms with Gasteiger partial charge in [0.05, 0.1) is 23.3 Å². The number of hydrogen-bond donors (Lipinski definition) is 1. The van der Waals surface area contributed by atoms with Crippen molar-refractivity contribution in [3.8, 4) is 0 Å². The van der Waals surface area contributed by atoms with Crippen LogP contribution < -0.4 is 10.3 Å². The topological polar surface area (TPSA) is 64.9 Å². The highest BCUT2D eigenvalue weighted by Crippen LogP contribution is 2.18. The number of nitrogen functional groups attached to an aromatic ring is 1. The fourth-order valence-electron chi connectivity index (χ4n) is 2.28. The minimum absolute atomic E-state index is 0.558.